The van der Waals surface area contributed by atoms with Crippen molar-refractivity contribution in [2.45, 2.75) is 44.0 Å². The SMILES string of the molecule is COC1(C)CCCN(C(CCN)C(F)(F)F)C1. The third-order valence-electron chi connectivity index (χ3n) is 3.44. The fourth-order valence-corrected chi connectivity index (χ4v) is 2.39. The van der Waals surface area contributed by atoms with Crippen molar-refractivity contribution in [3.63, 3.8) is 0 Å². The number of alkyl halides is 3. The van der Waals surface area contributed by atoms with Crippen LogP contribution in [0.5, 0.6) is 0 Å². The first-order chi connectivity index (χ1) is 7.82. The van der Waals surface area contributed by atoms with E-state index in [0.717, 1.165) is 12.8 Å². The first-order valence-corrected chi connectivity index (χ1v) is 5.88. The molecule has 1 rings (SSSR count). The minimum absolute atomic E-state index is 0.0460. The van der Waals surface area contributed by atoms with Gasteiger partial charge in [-0.3, -0.25) is 4.90 Å². The van der Waals surface area contributed by atoms with E-state index < -0.39 is 17.8 Å². The summed E-state index contributed by atoms with van der Waals surface area (Å²) in [6, 6.07) is -1.44. The van der Waals surface area contributed by atoms with Crippen LogP contribution >= 0.6 is 0 Å². The number of nitrogens with zero attached hydrogens (tertiary/aromatic N) is 1. The van der Waals surface area contributed by atoms with Crippen molar-refractivity contribution in [2.75, 3.05) is 26.7 Å². The van der Waals surface area contributed by atoms with Gasteiger partial charge in [-0.25, -0.2) is 0 Å². The Balaban J connectivity index is 2.74. The molecule has 0 amide bonds. The Kier molecular flexibility index (Phi) is 4.80. The highest BCUT2D eigenvalue weighted by Crippen LogP contribution is 2.32. The van der Waals surface area contributed by atoms with Gasteiger partial charge in [0.15, 0.2) is 0 Å². The van der Waals surface area contributed by atoms with Crippen LogP contribution in [0.4, 0.5) is 13.2 Å². The zero-order valence-electron chi connectivity index (χ0n) is 10.4. The molecule has 0 aromatic carbocycles. The lowest BCUT2D eigenvalue weighted by molar-refractivity contribution is -0.198. The van der Waals surface area contributed by atoms with Gasteiger partial charge in [-0.15, -0.1) is 0 Å². The van der Waals surface area contributed by atoms with Crippen molar-refractivity contribution >= 4 is 0 Å². The van der Waals surface area contributed by atoms with E-state index in [1.54, 1.807) is 7.11 Å². The Morgan fingerprint density at radius 2 is 2.12 bits per heavy atom. The summed E-state index contributed by atoms with van der Waals surface area (Å²) < 4.78 is 44.0. The number of likely N-dealkylation sites (tertiary alicyclic amines) is 1. The predicted octanol–water partition coefficient (Wildman–Crippen LogP) is 1.77. The Labute approximate surface area is 100 Å². The van der Waals surface area contributed by atoms with E-state index in [-0.39, 0.29) is 13.0 Å². The molecule has 2 atom stereocenters. The van der Waals surface area contributed by atoms with Crippen LogP contribution in [0, 0.1) is 0 Å². The maximum Gasteiger partial charge on any atom is 0.404 e. The molecular weight excluding hydrogens is 233 g/mol. The first-order valence-electron chi connectivity index (χ1n) is 5.88. The number of hydrogen-bond acceptors (Lipinski definition) is 3. The number of nitrogens with two attached hydrogens (primary N) is 1. The van der Waals surface area contributed by atoms with E-state index in [1.807, 2.05) is 6.92 Å². The normalized spacial score (nSPS) is 29.3. The third kappa shape index (κ3) is 3.82. The highest BCUT2D eigenvalue weighted by molar-refractivity contribution is 4.90. The maximum atomic E-state index is 12.9. The molecule has 0 saturated carbocycles. The molecular formula is C11H21F3N2O. The second-order valence-corrected chi connectivity index (χ2v) is 4.86. The molecule has 0 spiro atoms. The van der Waals surface area contributed by atoms with Gasteiger partial charge in [0.25, 0.3) is 0 Å². The van der Waals surface area contributed by atoms with Gasteiger partial charge in [0.2, 0.25) is 0 Å². The average Bonchev–Trinajstić information content (AvgIpc) is 2.24. The van der Waals surface area contributed by atoms with Crippen LogP contribution in [-0.2, 0) is 4.74 Å². The fourth-order valence-electron chi connectivity index (χ4n) is 2.39. The fraction of sp³-hybridized carbons (Fsp3) is 1.00. The Hall–Kier alpha value is -0.330. The molecule has 6 heteroatoms. The predicted molar refractivity (Wildman–Crippen MR) is 59.7 cm³/mol. The topological polar surface area (TPSA) is 38.5 Å². The maximum absolute atomic E-state index is 12.9. The Morgan fingerprint density at radius 3 is 2.59 bits per heavy atom. The number of ether oxygens (including phenoxy) is 1. The molecule has 0 aromatic rings. The molecule has 3 nitrogen and oxygen atoms in total. The summed E-state index contributed by atoms with van der Waals surface area (Å²) in [5.41, 5.74) is 4.80. The summed E-state index contributed by atoms with van der Waals surface area (Å²) in [4.78, 5) is 1.46. The van der Waals surface area contributed by atoms with Crippen molar-refractivity contribution in [1.82, 2.24) is 4.90 Å². The third-order valence-corrected chi connectivity index (χ3v) is 3.44. The zero-order chi connectivity index (χ0) is 13.1. The first kappa shape index (κ1) is 14.7. The summed E-state index contributed by atoms with van der Waals surface area (Å²) in [7, 11) is 1.55. The summed E-state index contributed by atoms with van der Waals surface area (Å²) in [6.07, 6.45) is -2.75. The van der Waals surface area contributed by atoms with Gasteiger partial charge in [0.1, 0.15) is 6.04 Å². The molecule has 1 fully saturated rings. The number of halogens is 3. The van der Waals surface area contributed by atoms with E-state index >= 15 is 0 Å². The number of methoxy groups -OCH3 is 1. The van der Waals surface area contributed by atoms with Crippen molar-refractivity contribution < 1.29 is 17.9 Å². The zero-order valence-corrected chi connectivity index (χ0v) is 10.4. The second-order valence-electron chi connectivity index (χ2n) is 4.86. The highest BCUT2D eigenvalue weighted by atomic mass is 19.4. The van der Waals surface area contributed by atoms with Gasteiger partial charge in [-0.2, -0.15) is 13.2 Å². The molecule has 0 radical (unpaired) electrons. The standard InChI is InChI=1S/C11H21F3N2O/c1-10(17-2)5-3-7-16(8-10)9(4-6-15)11(12,13)14/h9H,3-8,15H2,1-2H3. The van der Waals surface area contributed by atoms with Crippen LogP contribution in [0.2, 0.25) is 0 Å². The van der Waals surface area contributed by atoms with E-state index in [2.05, 4.69) is 0 Å². The Bertz CT molecular complexity index is 247. The van der Waals surface area contributed by atoms with Crippen LogP contribution in [0.15, 0.2) is 0 Å². The molecule has 0 bridgehead atoms. The molecule has 2 N–H and O–H groups in total. The van der Waals surface area contributed by atoms with E-state index in [9.17, 15) is 13.2 Å². The molecule has 2 unspecified atom stereocenters. The van der Waals surface area contributed by atoms with Crippen LogP contribution in [0.25, 0.3) is 0 Å². The quantitative estimate of drug-likeness (QED) is 0.831. The number of hydrogen-bond donors (Lipinski definition) is 1. The lowest BCUT2D eigenvalue weighted by Gasteiger charge is -2.43. The molecule has 17 heavy (non-hydrogen) atoms. The minimum Gasteiger partial charge on any atom is -0.377 e. The second kappa shape index (κ2) is 5.54. The molecule has 1 saturated heterocycles. The molecule has 1 heterocycles. The van der Waals surface area contributed by atoms with Crippen molar-refractivity contribution in [3.8, 4) is 0 Å². The summed E-state index contributed by atoms with van der Waals surface area (Å²) in [5.74, 6) is 0. The summed E-state index contributed by atoms with van der Waals surface area (Å²) in [5, 5.41) is 0. The highest BCUT2D eigenvalue weighted by Gasteiger charge is 2.45. The van der Waals surface area contributed by atoms with Gasteiger partial charge >= 0.3 is 6.18 Å². The number of piperidine rings is 1. The Morgan fingerprint density at radius 1 is 1.47 bits per heavy atom. The van der Waals surface area contributed by atoms with Gasteiger partial charge in [0, 0.05) is 13.7 Å². The summed E-state index contributed by atoms with van der Waals surface area (Å²) in [6.45, 7) is 2.68. The van der Waals surface area contributed by atoms with E-state index in [4.69, 9.17) is 10.5 Å². The van der Waals surface area contributed by atoms with E-state index in [0.29, 0.717) is 13.1 Å². The lowest BCUT2D eigenvalue weighted by atomic mass is 9.93. The minimum atomic E-state index is -4.22. The van der Waals surface area contributed by atoms with Crippen LogP contribution < -0.4 is 5.73 Å². The van der Waals surface area contributed by atoms with Gasteiger partial charge in [0.05, 0.1) is 5.60 Å². The van der Waals surface area contributed by atoms with Crippen LogP contribution in [0.3, 0.4) is 0 Å². The van der Waals surface area contributed by atoms with Gasteiger partial charge in [-0.05, 0) is 39.3 Å². The van der Waals surface area contributed by atoms with Gasteiger partial charge < -0.3 is 10.5 Å². The number of rotatable bonds is 4. The molecule has 0 aliphatic carbocycles. The lowest BCUT2D eigenvalue weighted by Crippen LogP contribution is -2.55. The molecule has 102 valence electrons. The molecule has 0 aromatic heterocycles. The van der Waals surface area contributed by atoms with E-state index in [1.165, 1.54) is 4.90 Å². The molecule has 1 aliphatic heterocycles. The summed E-state index contributed by atoms with van der Waals surface area (Å²) >= 11 is 0. The van der Waals surface area contributed by atoms with Gasteiger partial charge in [-0.1, -0.05) is 0 Å². The van der Waals surface area contributed by atoms with Crippen LogP contribution in [-0.4, -0.2) is 49.5 Å². The van der Waals surface area contributed by atoms with Crippen molar-refractivity contribution in [3.05, 3.63) is 0 Å². The van der Waals surface area contributed by atoms with Crippen molar-refractivity contribution in [1.29, 1.82) is 0 Å². The smallest absolute Gasteiger partial charge is 0.377 e. The monoisotopic (exact) mass is 254 g/mol. The largest absolute Gasteiger partial charge is 0.404 e. The van der Waals surface area contributed by atoms with Crippen LogP contribution in [0.1, 0.15) is 26.2 Å². The average molecular weight is 254 g/mol. The van der Waals surface area contributed by atoms with Crippen molar-refractivity contribution in [2.24, 2.45) is 5.73 Å². The molecule has 1 aliphatic rings.